The molecule has 0 saturated heterocycles. The molecule has 1 heterocycles. The number of nitrogens with zero attached hydrogens (tertiary/aromatic N) is 1. The number of anilines is 1. The lowest BCUT2D eigenvalue weighted by Crippen LogP contribution is -2.34. The summed E-state index contributed by atoms with van der Waals surface area (Å²) in [7, 11) is 4.63. The summed E-state index contributed by atoms with van der Waals surface area (Å²) >= 11 is 5.32. The summed E-state index contributed by atoms with van der Waals surface area (Å²) in [6, 6.07) is 17.7. The molecule has 0 fully saturated rings. The number of methoxy groups -OCH3 is 3. The fourth-order valence-corrected chi connectivity index (χ4v) is 3.37. The normalized spacial score (nSPS) is 10.5. The van der Waals surface area contributed by atoms with Gasteiger partial charge >= 0.3 is 0 Å². The van der Waals surface area contributed by atoms with Crippen molar-refractivity contribution in [2.75, 3.05) is 26.6 Å². The number of hydrogen-bond acceptors (Lipinski definition) is 7. The lowest BCUT2D eigenvalue weighted by atomic mass is 10.2. The molecule has 0 unspecified atom stereocenters. The first-order valence-electron chi connectivity index (χ1n) is 9.89. The van der Waals surface area contributed by atoms with Gasteiger partial charge in [0.2, 0.25) is 5.89 Å². The van der Waals surface area contributed by atoms with Crippen LogP contribution in [-0.4, -0.2) is 37.3 Å². The van der Waals surface area contributed by atoms with Crippen molar-refractivity contribution < 1.29 is 23.4 Å². The summed E-state index contributed by atoms with van der Waals surface area (Å²) in [6.07, 6.45) is 0. The summed E-state index contributed by atoms with van der Waals surface area (Å²) in [5, 5.41) is 5.81. The molecule has 8 nitrogen and oxygen atoms in total. The number of fused-ring (bicyclic) bond motifs is 1. The van der Waals surface area contributed by atoms with Crippen molar-refractivity contribution in [3.63, 3.8) is 0 Å². The Morgan fingerprint density at radius 1 is 0.909 bits per heavy atom. The van der Waals surface area contributed by atoms with E-state index in [1.807, 2.05) is 42.5 Å². The van der Waals surface area contributed by atoms with Crippen LogP contribution in [0.2, 0.25) is 0 Å². The van der Waals surface area contributed by atoms with Crippen LogP contribution in [0.15, 0.2) is 65.1 Å². The van der Waals surface area contributed by atoms with E-state index in [1.165, 1.54) is 14.2 Å². The van der Waals surface area contributed by atoms with E-state index in [0.717, 1.165) is 5.56 Å². The molecule has 0 aliphatic heterocycles. The number of hydrogen-bond donors (Lipinski definition) is 2. The number of ether oxygens (including phenoxy) is 3. The Balaban J connectivity index is 1.48. The lowest BCUT2D eigenvalue weighted by molar-refractivity contribution is 0.0977. The fraction of sp³-hybridized carbons (Fsp3) is 0.125. The third-order valence-corrected chi connectivity index (χ3v) is 5.01. The maximum Gasteiger partial charge on any atom is 0.257 e. The predicted octanol–water partition coefficient (Wildman–Crippen LogP) is 4.65. The van der Waals surface area contributed by atoms with E-state index in [4.69, 9.17) is 30.8 Å². The zero-order valence-electron chi connectivity index (χ0n) is 18.2. The number of nitrogens with one attached hydrogen (secondary N) is 2. The summed E-state index contributed by atoms with van der Waals surface area (Å²) in [5.41, 5.74) is 3.12. The minimum Gasteiger partial charge on any atom is -0.497 e. The van der Waals surface area contributed by atoms with Crippen LogP contribution in [0.1, 0.15) is 10.4 Å². The van der Waals surface area contributed by atoms with Crippen LogP contribution in [0, 0.1) is 0 Å². The SMILES string of the molecule is COc1cc(OC)cc(C(=O)NC(=S)Nc2cccc(-c3nc4cc(OC)ccc4o3)c2)c1. The van der Waals surface area contributed by atoms with E-state index in [1.54, 1.807) is 25.3 Å². The molecule has 0 radical (unpaired) electrons. The Hall–Kier alpha value is -4.11. The third kappa shape index (κ3) is 5.04. The van der Waals surface area contributed by atoms with E-state index < -0.39 is 5.91 Å². The van der Waals surface area contributed by atoms with Gasteiger partial charge in [-0.15, -0.1) is 0 Å². The van der Waals surface area contributed by atoms with Gasteiger partial charge in [-0.3, -0.25) is 10.1 Å². The molecule has 4 aromatic rings. The topological polar surface area (TPSA) is 94.9 Å². The maximum atomic E-state index is 12.6. The molecule has 4 rings (SSSR count). The Morgan fingerprint density at radius 2 is 1.64 bits per heavy atom. The van der Waals surface area contributed by atoms with E-state index in [-0.39, 0.29) is 5.11 Å². The van der Waals surface area contributed by atoms with Gasteiger partial charge in [0.05, 0.1) is 21.3 Å². The second-order valence-corrected chi connectivity index (χ2v) is 7.35. The fourth-order valence-electron chi connectivity index (χ4n) is 3.16. The minimum absolute atomic E-state index is 0.140. The number of carbonyl (C=O) groups excluding carboxylic acids is 1. The van der Waals surface area contributed by atoms with Crippen molar-refractivity contribution in [1.29, 1.82) is 0 Å². The van der Waals surface area contributed by atoms with E-state index in [9.17, 15) is 4.79 Å². The average molecular weight is 464 g/mol. The highest BCUT2D eigenvalue weighted by molar-refractivity contribution is 7.80. The van der Waals surface area contributed by atoms with Crippen molar-refractivity contribution in [2.24, 2.45) is 0 Å². The number of oxazole rings is 1. The van der Waals surface area contributed by atoms with Gasteiger partial charge in [0.25, 0.3) is 5.91 Å². The first-order chi connectivity index (χ1) is 16.0. The molecule has 0 aliphatic carbocycles. The van der Waals surface area contributed by atoms with Crippen LogP contribution in [0.4, 0.5) is 5.69 Å². The molecule has 0 atom stereocenters. The van der Waals surface area contributed by atoms with Crippen LogP contribution in [0.3, 0.4) is 0 Å². The Labute approximate surface area is 195 Å². The Bertz CT molecular complexity index is 1310. The van der Waals surface area contributed by atoms with Crippen molar-refractivity contribution >= 4 is 40.0 Å². The van der Waals surface area contributed by atoms with Crippen LogP contribution < -0.4 is 24.8 Å². The van der Waals surface area contributed by atoms with Crippen molar-refractivity contribution in [3.05, 3.63) is 66.2 Å². The molecule has 0 aliphatic rings. The lowest BCUT2D eigenvalue weighted by Gasteiger charge is -2.12. The minimum atomic E-state index is -0.395. The molecule has 1 amide bonds. The van der Waals surface area contributed by atoms with Crippen LogP contribution in [0.5, 0.6) is 17.2 Å². The molecule has 0 spiro atoms. The monoisotopic (exact) mass is 463 g/mol. The van der Waals surface area contributed by atoms with E-state index >= 15 is 0 Å². The second kappa shape index (κ2) is 9.58. The van der Waals surface area contributed by atoms with Crippen LogP contribution in [-0.2, 0) is 0 Å². The number of carbonyl (C=O) groups is 1. The first kappa shape index (κ1) is 22.1. The summed E-state index contributed by atoms with van der Waals surface area (Å²) < 4.78 is 21.5. The third-order valence-electron chi connectivity index (χ3n) is 4.80. The zero-order chi connectivity index (χ0) is 23.4. The number of aromatic nitrogens is 1. The zero-order valence-corrected chi connectivity index (χ0v) is 19.0. The molecule has 3 aromatic carbocycles. The Morgan fingerprint density at radius 3 is 2.33 bits per heavy atom. The van der Waals surface area contributed by atoms with Gasteiger partial charge in [-0.25, -0.2) is 4.98 Å². The number of benzene rings is 3. The summed E-state index contributed by atoms with van der Waals surface area (Å²) in [4.78, 5) is 17.2. The highest BCUT2D eigenvalue weighted by Crippen LogP contribution is 2.28. The van der Waals surface area contributed by atoms with Crippen LogP contribution >= 0.6 is 12.2 Å². The molecule has 9 heteroatoms. The van der Waals surface area contributed by atoms with Gasteiger partial charge in [0, 0.05) is 28.9 Å². The molecule has 1 aromatic heterocycles. The second-order valence-electron chi connectivity index (χ2n) is 6.94. The quantitative estimate of drug-likeness (QED) is 0.399. The maximum absolute atomic E-state index is 12.6. The molecular weight excluding hydrogens is 442 g/mol. The predicted molar refractivity (Wildman–Crippen MR) is 129 cm³/mol. The van der Waals surface area contributed by atoms with Crippen molar-refractivity contribution in [3.8, 4) is 28.7 Å². The molecule has 0 bridgehead atoms. The van der Waals surface area contributed by atoms with Gasteiger partial charge in [0.15, 0.2) is 10.7 Å². The average Bonchev–Trinajstić information content (AvgIpc) is 3.27. The van der Waals surface area contributed by atoms with Gasteiger partial charge in [-0.2, -0.15) is 0 Å². The smallest absolute Gasteiger partial charge is 0.257 e. The molecule has 33 heavy (non-hydrogen) atoms. The van der Waals surface area contributed by atoms with E-state index in [2.05, 4.69) is 15.6 Å². The largest absolute Gasteiger partial charge is 0.497 e. The highest BCUT2D eigenvalue weighted by Gasteiger charge is 2.13. The first-order valence-corrected chi connectivity index (χ1v) is 10.3. The van der Waals surface area contributed by atoms with E-state index in [0.29, 0.717) is 45.5 Å². The summed E-state index contributed by atoms with van der Waals surface area (Å²) in [5.74, 6) is 1.77. The molecular formula is C24H21N3O5S. The molecule has 0 saturated carbocycles. The summed E-state index contributed by atoms with van der Waals surface area (Å²) in [6.45, 7) is 0. The van der Waals surface area contributed by atoms with Crippen LogP contribution in [0.25, 0.3) is 22.6 Å². The molecule has 168 valence electrons. The molecule has 2 N–H and O–H groups in total. The van der Waals surface area contributed by atoms with Gasteiger partial charge in [0.1, 0.15) is 22.8 Å². The van der Waals surface area contributed by atoms with Gasteiger partial charge in [-0.05, 0) is 54.7 Å². The van der Waals surface area contributed by atoms with Crippen molar-refractivity contribution in [2.45, 2.75) is 0 Å². The van der Waals surface area contributed by atoms with Gasteiger partial charge < -0.3 is 23.9 Å². The standard InChI is InChI=1S/C24H21N3O5S/c1-29-17-7-8-21-20(13-17)26-23(32-21)14-5-4-6-16(9-14)25-24(33)27-22(28)15-10-18(30-2)12-19(11-15)31-3/h4-13H,1-3H3,(H2,25,27,28,33). The Kier molecular flexibility index (Phi) is 6.41. The number of thiocarbonyl (C=S) groups is 1. The number of rotatable bonds is 6. The van der Waals surface area contributed by atoms with Crippen molar-refractivity contribution in [1.82, 2.24) is 10.3 Å². The number of amides is 1. The van der Waals surface area contributed by atoms with Gasteiger partial charge in [-0.1, -0.05) is 6.07 Å². The highest BCUT2D eigenvalue weighted by atomic mass is 32.1.